The maximum Gasteiger partial charge on any atom is 0.228 e. The second-order valence-corrected chi connectivity index (χ2v) is 7.23. The molecule has 0 aliphatic heterocycles. The van der Waals surface area contributed by atoms with Gasteiger partial charge in [0.1, 0.15) is 0 Å². The average Bonchev–Trinajstić information content (AvgIpc) is 2.75. The highest BCUT2D eigenvalue weighted by Crippen LogP contribution is 2.35. The number of fused-ring (bicyclic) bond motifs is 1. The van der Waals surface area contributed by atoms with E-state index < -0.39 is 0 Å². The van der Waals surface area contributed by atoms with Gasteiger partial charge in [0.25, 0.3) is 0 Å². The van der Waals surface area contributed by atoms with Gasteiger partial charge in [-0.2, -0.15) is 0 Å². The fourth-order valence-electron chi connectivity index (χ4n) is 2.26. The van der Waals surface area contributed by atoms with Gasteiger partial charge >= 0.3 is 0 Å². The Labute approximate surface area is 118 Å². The quantitative estimate of drug-likeness (QED) is 0.843. The Bertz CT molecular complexity index is 439. The molecule has 0 saturated heterocycles. The van der Waals surface area contributed by atoms with Crippen LogP contribution in [-0.4, -0.2) is 16.8 Å². The van der Waals surface area contributed by atoms with Crippen LogP contribution < -0.4 is 5.32 Å². The van der Waals surface area contributed by atoms with Gasteiger partial charge in [0.15, 0.2) is 0 Å². The van der Waals surface area contributed by atoms with E-state index in [1.807, 2.05) is 20.8 Å². The van der Waals surface area contributed by atoms with E-state index in [4.69, 9.17) is 11.6 Å². The third-order valence-electron chi connectivity index (χ3n) is 3.81. The van der Waals surface area contributed by atoms with Crippen molar-refractivity contribution >= 4 is 28.8 Å². The third kappa shape index (κ3) is 2.72. The number of hydrogen-bond donors (Lipinski definition) is 1. The van der Waals surface area contributed by atoms with Crippen LogP contribution in [0.1, 0.15) is 50.0 Å². The van der Waals surface area contributed by atoms with Crippen LogP contribution in [0, 0.1) is 0 Å². The van der Waals surface area contributed by atoms with Crippen LogP contribution in [0.25, 0.3) is 0 Å². The van der Waals surface area contributed by atoms with Crippen LogP contribution in [0.3, 0.4) is 0 Å². The number of aryl methyl sites for hydroxylation is 1. The largest absolute Gasteiger partial charge is 0.349 e. The number of carbonyl (C=O) groups is 1. The van der Waals surface area contributed by atoms with Gasteiger partial charge in [-0.15, -0.1) is 22.9 Å². The third-order valence-corrected chi connectivity index (χ3v) is 5.35. The molecule has 0 aromatic carbocycles. The Kier molecular flexibility index (Phi) is 4.02. The number of halogens is 1. The number of amides is 1. The van der Waals surface area contributed by atoms with Crippen molar-refractivity contribution in [3.63, 3.8) is 0 Å². The molecular formula is C14H20ClNOS. The number of rotatable bonds is 3. The Morgan fingerprint density at radius 3 is 3.00 bits per heavy atom. The summed E-state index contributed by atoms with van der Waals surface area (Å²) < 4.78 is 0. The molecule has 0 bridgehead atoms. The first kappa shape index (κ1) is 13.9. The van der Waals surface area contributed by atoms with Crippen molar-refractivity contribution in [1.29, 1.82) is 0 Å². The fourth-order valence-corrected chi connectivity index (χ4v) is 3.30. The van der Waals surface area contributed by atoms with Gasteiger partial charge in [0.2, 0.25) is 5.91 Å². The molecular weight excluding hydrogens is 266 g/mol. The zero-order valence-corrected chi connectivity index (χ0v) is 12.7. The Morgan fingerprint density at radius 2 is 2.33 bits per heavy atom. The van der Waals surface area contributed by atoms with E-state index in [9.17, 15) is 4.79 Å². The van der Waals surface area contributed by atoms with Crippen LogP contribution in [0.5, 0.6) is 0 Å². The summed E-state index contributed by atoms with van der Waals surface area (Å²) in [6.45, 7) is 5.86. The second-order valence-electron chi connectivity index (χ2n) is 5.57. The molecule has 1 aliphatic carbocycles. The molecule has 2 unspecified atom stereocenters. The lowest BCUT2D eigenvalue weighted by Gasteiger charge is -2.32. The van der Waals surface area contributed by atoms with Crippen molar-refractivity contribution in [2.75, 3.05) is 0 Å². The zero-order valence-electron chi connectivity index (χ0n) is 11.1. The van der Waals surface area contributed by atoms with Gasteiger partial charge in [-0.1, -0.05) is 0 Å². The summed E-state index contributed by atoms with van der Waals surface area (Å²) in [5.74, 6) is 0.126. The molecule has 1 aromatic heterocycles. The lowest BCUT2D eigenvalue weighted by atomic mass is 9.86. The van der Waals surface area contributed by atoms with E-state index >= 15 is 0 Å². The summed E-state index contributed by atoms with van der Waals surface area (Å²) in [5.41, 5.74) is 0.855. The molecule has 0 fully saturated rings. The number of alkyl halides is 1. The van der Waals surface area contributed by atoms with Gasteiger partial charge in [0, 0.05) is 4.88 Å². The van der Waals surface area contributed by atoms with E-state index in [1.165, 1.54) is 10.4 Å². The van der Waals surface area contributed by atoms with Crippen molar-refractivity contribution in [1.82, 2.24) is 5.32 Å². The summed E-state index contributed by atoms with van der Waals surface area (Å²) >= 11 is 7.88. The predicted octanol–water partition coefficient (Wildman–Crippen LogP) is 3.69. The van der Waals surface area contributed by atoms with Crippen LogP contribution in [0.2, 0.25) is 0 Å². The molecule has 1 aliphatic rings. The summed E-state index contributed by atoms with van der Waals surface area (Å²) in [7, 11) is 0. The SMILES string of the molecule is CC(Cl)C(C)(C)NC(=O)C1CCCc2sccc21. The highest BCUT2D eigenvalue weighted by Gasteiger charge is 2.32. The van der Waals surface area contributed by atoms with E-state index in [0.717, 1.165) is 19.3 Å². The molecule has 0 saturated carbocycles. The van der Waals surface area contributed by atoms with E-state index in [-0.39, 0.29) is 22.7 Å². The highest BCUT2D eigenvalue weighted by molar-refractivity contribution is 7.10. The van der Waals surface area contributed by atoms with Crippen LogP contribution >= 0.6 is 22.9 Å². The van der Waals surface area contributed by atoms with Gasteiger partial charge in [0.05, 0.1) is 16.8 Å². The highest BCUT2D eigenvalue weighted by atomic mass is 35.5. The monoisotopic (exact) mass is 285 g/mol. The lowest BCUT2D eigenvalue weighted by Crippen LogP contribution is -2.50. The average molecular weight is 286 g/mol. The van der Waals surface area contributed by atoms with Crippen LogP contribution in [0.15, 0.2) is 11.4 Å². The molecule has 1 aromatic rings. The maximum absolute atomic E-state index is 12.4. The summed E-state index contributed by atoms with van der Waals surface area (Å²) in [4.78, 5) is 13.8. The normalized spacial score (nSPS) is 21.2. The second kappa shape index (κ2) is 5.22. The van der Waals surface area contributed by atoms with Crippen molar-refractivity contribution in [3.05, 3.63) is 21.9 Å². The zero-order chi connectivity index (χ0) is 13.3. The smallest absolute Gasteiger partial charge is 0.228 e. The number of carbonyl (C=O) groups excluding carboxylic acids is 1. The Hall–Kier alpha value is -0.540. The molecule has 4 heteroatoms. The first-order valence-electron chi connectivity index (χ1n) is 6.44. The van der Waals surface area contributed by atoms with Crippen molar-refractivity contribution in [2.45, 2.75) is 56.9 Å². The topological polar surface area (TPSA) is 29.1 Å². The number of nitrogens with one attached hydrogen (secondary N) is 1. The first-order valence-corrected chi connectivity index (χ1v) is 7.76. The minimum atomic E-state index is -0.369. The van der Waals surface area contributed by atoms with E-state index in [2.05, 4.69) is 16.8 Å². The fraction of sp³-hybridized carbons (Fsp3) is 0.643. The molecule has 1 heterocycles. The molecule has 0 radical (unpaired) electrons. The predicted molar refractivity (Wildman–Crippen MR) is 77.5 cm³/mol. The Morgan fingerprint density at radius 1 is 1.61 bits per heavy atom. The van der Waals surface area contributed by atoms with Crippen molar-refractivity contribution in [3.8, 4) is 0 Å². The molecule has 18 heavy (non-hydrogen) atoms. The molecule has 1 amide bonds. The first-order chi connectivity index (χ1) is 8.42. The van der Waals surface area contributed by atoms with Crippen molar-refractivity contribution < 1.29 is 4.79 Å². The molecule has 2 atom stereocenters. The summed E-state index contributed by atoms with van der Waals surface area (Å²) in [5, 5.41) is 5.09. The van der Waals surface area contributed by atoms with Gasteiger partial charge in [-0.25, -0.2) is 0 Å². The molecule has 1 N–H and O–H groups in total. The number of thiophene rings is 1. The summed E-state index contributed by atoms with van der Waals surface area (Å²) in [6.07, 6.45) is 3.16. The molecule has 0 spiro atoms. The van der Waals surface area contributed by atoms with Crippen LogP contribution in [0.4, 0.5) is 0 Å². The van der Waals surface area contributed by atoms with Gasteiger partial charge < -0.3 is 5.32 Å². The summed E-state index contributed by atoms with van der Waals surface area (Å²) in [6, 6.07) is 2.10. The Balaban J connectivity index is 2.13. The molecule has 2 rings (SSSR count). The van der Waals surface area contributed by atoms with E-state index in [1.54, 1.807) is 11.3 Å². The van der Waals surface area contributed by atoms with Crippen molar-refractivity contribution in [2.24, 2.45) is 0 Å². The standard InChI is InChI=1S/C14H20ClNOS/c1-9(15)14(2,3)16-13(17)11-5-4-6-12-10(11)7-8-18-12/h7-9,11H,4-6H2,1-3H3,(H,16,17). The minimum Gasteiger partial charge on any atom is -0.349 e. The molecule has 100 valence electrons. The molecule has 2 nitrogen and oxygen atoms in total. The minimum absolute atomic E-state index is 0.00897. The number of hydrogen-bond acceptors (Lipinski definition) is 2. The van der Waals surface area contributed by atoms with Crippen LogP contribution in [-0.2, 0) is 11.2 Å². The maximum atomic E-state index is 12.4. The van der Waals surface area contributed by atoms with Gasteiger partial charge in [-0.05, 0) is 57.0 Å². The van der Waals surface area contributed by atoms with Gasteiger partial charge in [-0.3, -0.25) is 4.79 Å². The lowest BCUT2D eigenvalue weighted by molar-refractivity contribution is -0.124. The van der Waals surface area contributed by atoms with E-state index in [0.29, 0.717) is 0 Å².